The van der Waals surface area contributed by atoms with Gasteiger partial charge < -0.3 is 15.0 Å². The summed E-state index contributed by atoms with van der Waals surface area (Å²) in [5.74, 6) is 0.285. The van der Waals surface area contributed by atoms with Crippen molar-refractivity contribution in [2.45, 2.75) is 25.3 Å². The number of carbonyl (C=O) groups excluding carboxylic acids is 1. The molecule has 2 saturated heterocycles. The van der Waals surface area contributed by atoms with Crippen LogP contribution in [0, 0.1) is 0 Å². The number of ether oxygens (including phenoxy) is 1. The van der Waals surface area contributed by atoms with Crippen molar-refractivity contribution in [1.82, 2.24) is 10.2 Å². The van der Waals surface area contributed by atoms with Crippen LogP contribution in [-0.2, 0) is 9.53 Å². The first-order valence-corrected chi connectivity index (χ1v) is 5.45. The van der Waals surface area contributed by atoms with Gasteiger partial charge in [0.2, 0.25) is 5.91 Å². The molecule has 1 N–H and O–H groups in total. The first-order valence-electron chi connectivity index (χ1n) is 5.45. The Morgan fingerprint density at radius 3 is 2.86 bits per heavy atom. The highest BCUT2D eigenvalue weighted by Crippen LogP contribution is 2.11. The Labute approximate surface area is 84.6 Å². The highest BCUT2D eigenvalue weighted by molar-refractivity contribution is 5.76. The lowest BCUT2D eigenvalue weighted by Crippen LogP contribution is -2.42. The molecule has 1 amide bonds. The van der Waals surface area contributed by atoms with Crippen LogP contribution in [-0.4, -0.2) is 49.7 Å². The zero-order chi connectivity index (χ0) is 9.80. The molecule has 2 fully saturated rings. The fraction of sp³-hybridized carbons (Fsp3) is 0.900. The lowest BCUT2D eigenvalue weighted by Gasteiger charge is -2.27. The molecule has 0 aromatic rings. The smallest absolute Gasteiger partial charge is 0.224 e. The third-order valence-electron chi connectivity index (χ3n) is 2.95. The van der Waals surface area contributed by atoms with Gasteiger partial charge in [-0.2, -0.15) is 0 Å². The van der Waals surface area contributed by atoms with E-state index in [1.807, 2.05) is 4.90 Å². The highest BCUT2D eigenvalue weighted by Gasteiger charge is 2.22. The van der Waals surface area contributed by atoms with Gasteiger partial charge in [-0.3, -0.25) is 4.79 Å². The van der Waals surface area contributed by atoms with E-state index in [9.17, 15) is 4.79 Å². The van der Waals surface area contributed by atoms with Crippen molar-refractivity contribution in [2.24, 2.45) is 0 Å². The predicted octanol–water partition coefficient (Wildman–Crippen LogP) is -0.0127. The van der Waals surface area contributed by atoms with Gasteiger partial charge in [0.05, 0.1) is 13.2 Å². The summed E-state index contributed by atoms with van der Waals surface area (Å²) in [4.78, 5) is 13.7. The van der Waals surface area contributed by atoms with Gasteiger partial charge in [-0.1, -0.05) is 0 Å². The van der Waals surface area contributed by atoms with Gasteiger partial charge in [0.25, 0.3) is 0 Å². The van der Waals surface area contributed by atoms with Gasteiger partial charge in [0, 0.05) is 25.6 Å². The molecule has 0 spiro atoms. The van der Waals surface area contributed by atoms with Crippen molar-refractivity contribution < 1.29 is 9.53 Å². The van der Waals surface area contributed by atoms with Gasteiger partial charge in [-0.05, 0) is 19.4 Å². The van der Waals surface area contributed by atoms with Crippen molar-refractivity contribution in [3.05, 3.63) is 0 Å². The largest absolute Gasteiger partial charge is 0.378 e. The second kappa shape index (κ2) is 4.75. The summed E-state index contributed by atoms with van der Waals surface area (Å²) in [6.45, 7) is 4.01. The Hall–Kier alpha value is -0.610. The van der Waals surface area contributed by atoms with Crippen LogP contribution in [0.15, 0.2) is 0 Å². The lowest BCUT2D eigenvalue weighted by molar-refractivity contribution is -0.135. The molecule has 4 nitrogen and oxygen atoms in total. The maximum Gasteiger partial charge on any atom is 0.224 e. The molecule has 0 bridgehead atoms. The van der Waals surface area contributed by atoms with Gasteiger partial charge in [-0.15, -0.1) is 0 Å². The SMILES string of the molecule is O=C(CC1CCCN1)N1CCOCC1. The van der Waals surface area contributed by atoms with Gasteiger partial charge >= 0.3 is 0 Å². The van der Waals surface area contributed by atoms with Crippen LogP contribution in [0.1, 0.15) is 19.3 Å². The van der Waals surface area contributed by atoms with E-state index in [0.717, 1.165) is 26.1 Å². The molecular weight excluding hydrogens is 180 g/mol. The maximum atomic E-state index is 11.8. The Kier molecular flexibility index (Phi) is 3.37. The molecule has 1 unspecified atom stereocenters. The summed E-state index contributed by atoms with van der Waals surface area (Å²) in [7, 11) is 0. The molecular formula is C10H18N2O2. The molecule has 0 aromatic heterocycles. The average molecular weight is 198 g/mol. The molecule has 2 heterocycles. The Morgan fingerprint density at radius 2 is 2.21 bits per heavy atom. The van der Waals surface area contributed by atoms with Gasteiger partial charge in [0.1, 0.15) is 0 Å². The Bertz CT molecular complexity index is 196. The second-order valence-electron chi connectivity index (χ2n) is 3.99. The van der Waals surface area contributed by atoms with E-state index in [0.29, 0.717) is 25.7 Å². The number of amides is 1. The standard InChI is InChI=1S/C10H18N2O2/c13-10(8-9-2-1-3-11-9)12-4-6-14-7-5-12/h9,11H,1-8H2. The van der Waals surface area contributed by atoms with Crippen LogP contribution in [0.25, 0.3) is 0 Å². The molecule has 0 radical (unpaired) electrons. The van der Waals surface area contributed by atoms with E-state index in [1.165, 1.54) is 6.42 Å². The summed E-state index contributed by atoms with van der Waals surface area (Å²) >= 11 is 0. The molecule has 80 valence electrons. The van der Waals surface area contributed by atoms with Crippen LogP contribution < -0.4 is 5.32 Å². The van der Waals surface area contributed by atoms with Crippen molar-refractivity contribution in [3.8, 4) is 0 Å². The average Bonchev–Trinajstić information content (AvgIpc) is 2.72. The summed E-state index contributed by atoms with van der Waals surface area (Å²) < 4.78 is 5.21. The number of hydrogen-bond acceptors (Lipinski definition) is 3. The van der Waals surface area contributed by atoms with E-state index in [-0.39, 0.29) is 5.91 Å². The van der Waals surface area contributed by atoms with E-state index >= 15 is 0 Å². The van der Waals surface area contributed by atoms with E-state index in [4.69, 9.17) is 4.74 Å². The molecule has 2 aliphatic heterocycles. The van der Waals surface area contributed by atoms with Crippen molar-refractivity contribution >= 4 is 5.91 Å². The Morgan fingerprint density at radius 1 is 1.43 bits per heavy atom. The van der Waals surface area contributed by atoms with Gasteiger partial charge in [-0.25, -0.2) is 0 Å². The Balaban J connectivity index is 1.75. The van der Waals surface area contributed by atoms with Crippen LogP contribution in [0.5, 0.6) is 0 Å². The third kappa shape index (κ3) is 2.45. The normalized spacial score (nSPS) is 28.0. The highest BCUT2D eigenvalue weighted by atomic mass is 16.5. The zero-order valence-electron chi connectivity index (χ0n) is 8.50. The number of rotatable bonds is 2. The minimum absolute atomic E-state index is 0.285. The fourth-order valence-corrected chi connectivity index (χ4v) is 2.08. The molecule has 4 heteroatoms. The molecule has 2 aliphatic rings. The van der Waals surface area contributed by atoms with Crippen LogP contribution in [0.4, 0.5) is 0 Å². The minimum Gasteiger partial charge on any atom is -0.378 e. The van der Waals surface area contributed by atoms with Crippen molar-refractivity contribution in [1.29, 1.82) is 0 Å². The second-order valence-corrected chi connectivity index (χ2v) is 3.99. The number of nitrogens with one attached hydrogen (secondary N) is 1. The minimum atomic E-state index is 0.285. The first-order chi connectivity index (χ1) is 6.86. The van der Waals surface area contributed by atoms with E-state index in [2.05, 4.69) is 5.32 Å². The predicted molar refractivity (Wildman–Crippen MR) is 53.0 cm³/mol. The van der Waals surface area contributed by atoms with Crippen LogP contribution in [0.2, 0.25) is 0 Å². The monoisotopic (exact) mass is 198 g/mol. The molecule has 0 aromatic carbocycles. The first kappa shape index (κ1) is 9.93. The lowest BCUT2D eigenvalue weighted by atomic mass is 10.1. The van der Waals surface area contributed by atoms with Crippen molar-refractivity contribution in [3.63, 3.8) is 0 Å². The summed E-state index contributed by atoms with van der Waals surface area (Å²) in [6.07, 6.45) is 3.02. The zero-order valence-corrected chi connectivity index (χ0v) is 8.50. The summed E-state index contributed by atoms with van der Waals surface area (Å²) in [6, 6.07) is 0.422. The van der Waals surface area contributed by atoms with E-state index in [1.54, 1.807) is 0 Å². The number of morpholine rings is 1. The van der Waals surface area contributed by atoms with E-state index < -0.39 is 0 Å². The fourth-order valence-electron chi connectivity index (χ4n) is 2.08. The van der Waals surface area contributed by atoms with Crippen molar-refractivity contribution in [2.75, 3.05) is 32.8 Å². The molecule has 14 heavy (non-hydrogen) atoms. The molecule has 2 rings (SSSR count). The van der Waals surface area contributed by atoms with Gasteiger partial charge in [0.15, 0.2) is 0 Å². The third-order valence-corrected chi connectivity index (χ3v) is 2.95. The molecule has 1 atom stereocenters. The summed E-state index contributed by atoms with van der Waals surface area (Å²) in [5.41, 5.74) is 0. The quantitative estimate of drug-likeness (QED) is 0.678. The molecule has 0 aliphatic carbocycles. The van der Waals surface area contributed by atoms with Crippen LogP contribution in [0.3, 0.4) is 0 Å². The number of nitrogens with zero attached hydrogens (tertiary/aromatic N) is 1. The topological polar surface area (TPSA) is 41.6 Å². The molecule has 0 saturated carbocycles. The summed E-state index contributed by atoms with van der Waals surface area (Å²) in [5, 5.41) is 3.35. The number of hydrogen-bond donors (Lipinski definition) is 1. The number of carbonyl (C=O) groups is 1. The van der Waals surface area contributed by atoms with Crippen LogP contribution >= 0.6 is 0 Å². The maximum absolute atomic E-state index is 11.8.